The fourth-order valence-electron chi connectivity index (χ4n) is 2.18. The number of hydrogen-bond donors (Lipinski definition) is 1. The number of anilines is 2. The zero-order valence-corrected chi connectivity index (χ0v) is 12.4. The fourth-order valence-corrected chi connectivity index (χ4v) is 2.18. The van der Waals surface area contributed by atoms with Crippen LogP contribution >= 0.6 is 0 Å². The Morgan fingerprint density at radius 3 is 2.59 bits per heavy atom. The summed E-state index contributed by atoms with van der Waals surface area (Å²) in [5.74, 6) is 0. The molecule has 0 aliphatic carbocycles. The predicted octanol–water partition coefficient (Wildman–Crippen LogP) is 1.94. The lowest BCUT2D eigenvalue weighted by atomic mass is 9.93. The first kappa shape index (κ1) is 16.3. The Hall–Kier alpha value is -2.03. The maximum absolute atomic E-state index is 12.9. The third-order valence-corrected chi connectivity index (χ3v) is 3.61. The van der Waals surface area contributed by atoms with Crippen molar-refractivity contribution in [2.45, 2.75) is 11.8 Å². The number of halogens is 3. The van der Waals surface area contributed by atoms with E-state index in [-0.39, 0.29) is 0 Å². The van der Waals surface area contributed by atoms with Crippen LogP contribution in [0.2, 0.25) is 0 Å². The summed E-state index contributed by atoms with van der Waals surface area (Å²) >= 11 is 0. The van der Waals surface area contributed by atoms with E-state index < -0.39 is 30.9 Å². The van der Waals surface area contributed by atoms with Crippen LogP contribution in [0.4, 0.5) is 29.3 Å². The second-order valence-corrected chi connectivity index (χ2v) is 5.27. The number of carbonyl (C=O) groups excluding carboxylic acids is 1. The molecular weight excluding hydrogens is 301 g/mol. The molecule has 9 heteroatoms. The molecule has 2 rings (SSSR count). The van der Waals surface area contributed by atoms with E-state index in [0.717, 1.165) is 12.0 Å². The molecule has 2 heterocycles. The Morgan fingerprint density at radius 1 is 1.45 bits per heavy atom. The van der Waals surface area contributed by atoms with E-state index in [9.17, 15) is 18.0 Å². The third-order valence-electron chi connectivity index (χ3n) is 3.61. The molecule has 22 heavy (non-hydrogen) atoms. The molecule has 0 saturated carbocycles. The van der Waals surface area contributed by atoms with Gasteiger partial charge in [-0.25, -0.2) is 4.79 Å². The predicted molar refractivity (Wildman–Crippen MR) is 75.0 cm³/mol. The summed E-state index contributed by atoms with van der Waals surface area (Å²) in [6, 6.07) is 0.978. The summed E-state index contributed by atoms with van der Waals surface area (Å²) < 4.78 is 43.2. The van der Waals surface area contributed by atoms with Crippen molar-refractivity contribution in [3.63, 3.8) is 0 Å². The number of nitrogens with one attached hydrogen (secondary N) is 1. The summed E-state index contributed by atoms with van der Waals surface area (Å²) in [7, 11) is 4.54. The number of aromatic nitrogens is 1. The van der Waals surface area contributed by atoms with Crippen molar-refractivity contribution in [3.8, 4) is 0 Å². The average Bonchev–Trinajstić information content (AvgIpc) is 2.36. The zero-order chi connectivity index (χ0) is 16.5. The monoisotopic (exact) mass is 318 g/mol. The minimum Gasteiger partial charge on any atom is -0.375 e. The smallest absolute Gasteiger partial charge is 0.375 e. The van der Waals surface area contributed by atoms with E-state index in [1.807, 2.05) is 0 Å². The summed E-state index contributed by atoms with van der Waals surface area (Å²) in [6.45, 7) is -1.05. The second kappa shape index (κ2) is 5.64. The lowest BCUT2D eigenvalue weighted by Crippen LogP contribution is -2.71. The molecule has 0 radical (unpaired) electrons. The first-order chi connectivity index (χ1) is 10.2. The largest absolute Gasteiger partial charge is 0.420 e. The SMILES string of the molecule is COC1(C(F)(F)F)CN(C(=O)Nc2ccncc2N(C)C)C1. The summed E-state index contributed by atoms with van der Waals surface area (Å²) in [4.78, 5) is 18.8. The van der Waals surface area contributed by atoms with Crippen LogP contribution in [0.5, 0.6) is 0 Å². The second-order valence-electron chi connectivity index (χ2n) is 5.27. The Labute approximate surface area is 125 Å². The maximum Gasteiger partial charge on any atom is 0.420 e. The quantitative estimate of drug-likeness (QED) is 0.925. The number of amides is 2. The van der Waals surface area contributed by atoms with E-state index >= 15 is 0 Å². The molecule has 6 nitrogen and oxygen atoms in total. The van der Waals surface area contributed by atoms with Gasteiger partial charge in [-0.05, 0) is 6.07 Å². The van der Waals surface area contributed by atoms with Crippen molar-refractivity contribution in [1.82, 2.24) is 9.88 Å². The molecule has 1 aliphatic heterocycles. The van der Waals surface area contributed by atoms with Crippen LogP contribution in [0, 0.1) is 0 Å². The molecule has 0 atom stereocenters. The molecule has 1 N–H and O–H groups in total. The molecule has 1 aliphatic rings. The number of likely N-dealkylation sites (tertiary alicyclic amines) is 1. The highest BCUT2D eigenvalue weighted by Crippen LogP contribution is 2.40. The van der Waals surface area contributed by atoms with Gasteiger partial charge in [0, 0.05) is 27.4 Å². The van der Waals surface area contributed by atoms with Gasteiger partial charge in [0.2, 0.25) is 0 Å². The Morgan fingerprint density at radius 2 is 2.09 bits per heavy atom. The Kier molecular flexibility index (Phi) is 4.19. The molecule has 2 amide bonds. The molecule has 0 bridgehead atoms. The maximum atomic E-state index is 12.9. The molecule has 1 aromatic rings. The number of carbonyl (C=O) groups is 1. The lowest BCUT2D eigenvalue weighted by Gasteiger charge is -2.49. The summed E-state index contributed by atoms with van der Waals surface area (Å²) in [5, 5.41) is 2.59. The molecular formula is C13H17F3N4O2. The van der Waals surface area contributed by atoms with Crippen LogP contribution in [-0.4, -0.2) is 62.0 Å². The van der Waals surface area contributed by atoms with Crippen LogP contribution < -0.4 is 10.2 Å². The van der Waals surface area contributed by atoms with Gasteiger partial charge in [-0.2, -0.15) is 13.2 Å². The number of nitrogens with zero attached hydrogens (tertiary/aromatic N) is 3. The van der Waals surface area contributed by atoms with Gasteiger partial charge in [-0.1, -0.05) is 0 Å². The normalized spacial score (nSPS) is 16.9. The molecule has 0 unspecified atom stereocenters. The Bertz CT molecular complexity index is 556. The number of hydrogen-bond acceptors (Lipinski definition) is 4. The fraction of sp³-hybridized carbons (Fsp3) is 0.538. The van der Waals surface area contributed by atoms with Gasteiger partial charge in [0.15, 0.2) is 5.60 Å². The van der Waals surface area contributed by atoms with Gasteiger partial charge in [-0.15, -0.1) is 0 Å². The third kappa shape index (κ3) is 2.80. The first-order valence-electron chi connectivity index (χ1n) is 6.49. The van der Waals surface area contributed by atoms with E-state index in [1.165, 1.54) is 6.20 Å². The van der Waals surface area contributed by atoms with Gasteiger partial charge in [-0.3, -0.25) is 4.98 Å². The molecule has 0 spiro atoms. The molecule has 1 aromatic heterocycles. The van der Waals surface area contributed by atoms with Gasteiger partial charge >= 0.3 is 12.2 Å². The number of methoxy groups -OCH3 is 1. The number of pyridine rings is 1. The number of alkyl halides is 3. The first-order valence-corrected chi connectivity index (χ1v) is 6.49. The zero-order valence-electron chi connectivity index (χ0n) is 12.4. The van der Waals surface area contributed by atoms with Crippen LogP contribution in [0.3, 0.4) is 0 Å². The molecule has 0 aromatic carbocycles. The van der Waals surface area contributed by atoms with E-state index in [2.05, 4.69) is 15.0 Å². The molecule has 1 fully saturated rings. The van der Waals surface area contributed by atoms with Gasteiger partial charge in [0.05, 0.1) is 30.7 Å². The van der Waals surface area contributed by atoms with E-state index in [1.54, 1.807) is 31.3 Å². The lowest BCUT2D eigenvalue weighted by molar-refractivity contribution is -0.303. The van der Waals surface area contributed by atoms with Crippen molar-refractivity contribution in [1.29, 1.82) is 0 Å². The standard InChI is InChI=1S/C13H17F3N4O2/c1-19(2)10-6-17-5-4-9(10)18-11(21)20-7-12(8-20,22-3)13(14,15)16/h4-6H,7-8H2,1-3H3,(H,17,18,21). The number of rotatable bonds is 3. The topological polar surface area (TPSA) is 57.7 Å². The number of urea groups is 1. The van der Waals surface area contributed by atoms with Crippen molar-refractivity contribution in [3.05, 3.63) is 18.5 Å². The van der Waals surface area contributed by atoms with Gasteiger partial charge in [0.25, 0.3) is 0 Å². The van der Waals surface area contributed by atoms with Crippen molar-refractivity contribution in [2.75, 3.05) is 44.5 Å². The highest BCUT2D eigenvalue weighted by atomic mass is 19.4. The summed E-state index contributed by atoms with van der Waals surface area (Å²) in [6.07, 6.45) is -1.46. The van der Waals surface area contributed by atoms with Crippen molar-refractivity contribution >= 4 is 17.4 Å². The highest BCUT2D eigenvalue weighted by Gasteiger charge is 2.63. The minimum atomic E-state index is -4.51. The van der Waals surface area contributed by atoms with E-state index in [4.69, 9.17) is 0 Å². The average molecular weight is 318 g/mol. The van der Waals surface area contributed by atoms with Crippen LogP contribution in [0.25, 0.3) is 0 Å². The van der Waals surface area contributed by atoms with Crippen molar-refractivity contribution < 1.29 is 22.7 Å². The molecule has 122 valence electrons. The van der Waals surface area contributed by atoms with Gasteiger partial charge in [0.1, 0.15) is 0 Å². The molecule has 1 saturated heterocycles. The Balaban J connectivity index is 2.04. The van der Waals surface area contributed by atoms with Crippen LogP contribution in [-0.2, 0) is 4.74 Å². The van der Waals surface area contributed by atoms with Crippen LogP contribution in [0.15, 0.2) is 18.5 Å². The van der Waals surface area contributed by atoms with Crippen molar-refractivity contribution in [2.24, 2.45) is 0 Å². The van der Waals surface area contributed by atoms with E-state index in [0.29, 0.717) is 11.4 Å². The summed E-state index contributed by atoms with van der Waals surface area (Å²) in [5.41, 5.74) is -1.13. The minimum absolute atomic E-state index is 0.479. The van der Waals surface area contributed by atoms with Gasteiger partial charge < -0.3 is 19.9 Å². The van der Waals surface area contributed by atoms with Crippen LogP contribution in [0.1, 0.15) is 0 Å². The number of ether oxygens (including phenoxy) is 1. The highest BCUT2D eigenvalue weighted by molar-refractivity contribution is 5.93.